The van der Waals surface area contributed by atoms with E-state index in [9.17, 15) is 4.79 Å². The first-order valence-electron chi connectivity index (χ1n) is 6.06. The van der Waals surface area contributed by atoms with Crippen LogP contribution in [0.15, 0.2) is 12.4 Å². The molecule has 0 N–H and O–H groups in total. The quantitative estimate of drug-likeness (QED) is 0.691. The second-order valence-corrected chi connectivity index (χ2v) is 4.46. The molecule has 0 radical (unpaired) electrons. The van der Waals surface area contributed by atoms with Gasteiger partial charge in [-0.3, -0.25) is 14.4 Å². The standard InChI is InChI=1S/C12H19N3O2/c1-3-17-12(16)9-15(11-4-5-11)8-10-6-13-14(2)7-10/h6-7,11H,3-5,8-9H2,1-2H3. The molecule has 0 saturated heterocycles. The van der Waals surface area contributed by atoms with Crippen LogP contribution >= 0.6 is 0 Å². The summed E-state index contributed by atoms with van der Waals surface area (Å²) in [6, 6.07) is 0.541. The highest BCUT2D eigenvalue weighted by Gasteiger charge is 2.30. The van der Waals surface area contributed by atoms with Crippen molar-refractivity contribution in [3.8, 4) is 0 Å². The van der Waals surface area contributed by atoms with Gasteiger partial charge in [0, 0.05) is 31.4 Å². The van der Waals surface area contributed by atoms with Crippen molar-refractivity contribution in [3.05, 3.63) is 18.0 Å². The maximum atomic E-state index is 11.5. The van der Waals surface area contributed by atoms with Crippen LogP contribution < -0.4 is 0 Å². The summed E-state index contributed by atoms with van der Waals surface area (Å²) in [5, 5.41) is 4.14. The Morgan fingerprint density at radius 2 is 2.41 bits per heavy atom. The number of esters is 1. The SMILES string of the molecule is CCOC(=O)CN(Cc1cnn(C)c1)C1CC1. The molecule has 1 heterocycles. The molecular formula is C12H19N3O2. The maximum Gasteiger partial charge on any atom is 0.320 e. The van der Waals surface area contributed by atoms with E-state index in [4.69, 9.17) is 4.74 Å². The molecule has 0 unspecified atom stereocenters. The Morgan fingerprint density at radius 3 is 2.94 bits per heavy atom. The zero-order chi connectivity index (χ0) is 12.3. The van der Waals surface area contributed by atoms with Gasteiger partial charge in [0.1, 0.15) is 0 Å². The molecule has 17 heavy (non-hydrogen) atoms. The number of hydrogen-bond acceptors (Lipinski definition) is 4. The van der Waals surface area contributed by atoms with Gasteiger partial charge in [-0.05, 0) is 19.8 Å². The van der Waals surface area contributed by atoms with E-state index >= 15 is 0 Å². The van der Waals surface area contributed by atoms with Crippen LogP contribution in [0.2, 0.25) is 0 Å². The average molecular weight is 237 g/mol. The second-order valence-electron chi connectivity index (χ2n) is 4.46. The van der Waals surface area contributed by atoms with Crippen molar-refractivity contribution in [2.24, 2.45) is 7.05 Å². The zero-order valence-electron chi connectivity index (χ0n) is 10.4. The lowest BCUT2D eigenvalue weighted by atomic mass is 10.3. The van der Waals surface area contributed by atoms with Crippen LogP contribution in [0.25, 0.3) is 0 Å². The summed E-state index contributed by atoms with van der Waals surface area (Å²) in [4.78, 5) is 13.7. The summed E-state index contributed by atoms with van der Waals surface area (Å²) in [6.07, 6.45) is 6.19. The molecule has 94 valence electrons. The fourth-order valence-corrected chi connectivity index (χ4v) is 1.91. The minimum atomic E-state index is -0.136. The Hall–Kier alpha value is -1.36. The van der Waals surface area contributed by atoms with E-state index in [1.165, 1.54) is 12.8 Å². The van der Waals surface area contributed by atoms with Crippen LogP contribution in [-0.4, -0.2) is 39.8 Å². The molecule has 2 rings (SSSR count). The Labute approximate surface area is 101 Å². The molecule has 1 aromatic rings. The predicted octanol–water partition coefficient (Wildman–Crippen LogP) is 0.948. The van der Waals surface area contributed by atoms with E-state index in [2.05, 4.69) is 10.00 Å². The molecule has 0 amide bonds. The number of carbonyl (C=O) groups is 1. The number of nitrogens with zero attached hydrogens (tertiary/aromatic N) is 3. The van der Waals surface area contributed by atoms with Crippen molar-refractivity contribution in [3.63, 3.8) is 0 Å². The van der Waals surface area contributed by atoms with Crippen molar-refractivity contribution < 1.29 is 9.53 Å². The normalized spacial score (nSPS) is 15.2. The molecule has 0 bridgehead atoms. The molecule has 1 saturated carbocycles. The van der Waals surface area contributed by atoms with Gasteiger partial charge in [0.05, 0.1) is 19.3 Å². The molecule has 0 aromatic carbocycles. The molecule has 0 atom stereocenters. The van der Waals surface area contributed by atoms with Crippen LogP contribution in [0.3, 0.4) is 0 Å². The van der Waals surface area contributed by atoms with Crippen LogP contribution in [0, 0.1) is 0 Å². The maximum absolute atomic E-state index is 11.5. The largest absolute Gasteiger partial charge is 0.465 e. The number of hydrogen-bond donors (Lipinski definition) is 0. The smallest absolute Gasteiger partial charge is 0.320 e. The van der Waals surface area contributed by atoms with Gasteiger partial charge in [0.25, 0.3) is 0 Å². The summed E-state index contributed by atoms with van der Waals surface area (Å²) < 4.78 is 6.77. The first-order chi connectivity index (χ1) is 8.19. The lowest BCUT2D eigenvalue weighted by Gasteiger charge is -2.19. The van der Waals surface area contributed by atoms with Gasteiger partial charge in [-0.1, -0.05) is 0 Å². The lowest BCUT2D eigenvalue weighted by molar-refractivity contribution is -0.144. The Kier molecular flexibility index (Phi) is 3.78. The first-order valence-corrected chi connectivity index (χ1v) is 6.06. The van der Waals surface area contributed by atoms with E-state index in [0.717, 1.165) is 12.1 Å². The lowest BCUT2D eigenvalue weighted by Crippen LogP contribution is -2.32. The fourth-order valence-electron chi connectivity index (χ4n) is 1.91. The van der Waals surface area contributed by atoms with Crippen molar-refractivity contribution in [1.29, 1.82) is 0 Å². The molecule has 1 fully saturated rings. The monoisotopic (exact) mass is 237 g/mol. The van der Waals surface area contributed by atoms with E-state index < -0.39 is 0 Å². The third kappa shape index (κ3) is 3.56. The summed E-state index contributed by atoms with van der Waals surface area (Å²) in [6.45, 7) is 3.44. The highest BCUT2D eigenvalue weighted by Crippen LogP contribution is 2.28. The molecular weight excluding hydrogens is 218 g/mol. The first kappa shape index (κ1) is 12.1. The van der Waals surface area contributed by atoms with Gasteiger partial charge in [0.15, 0.2) is 0 Å². The van der Waals surface area contributed by atoms with Gasteiger partial charge in [-0.15, -0.1) is 0 Å². The second kappa shape index (κ2) is 5.31. The van der Waals surface area contributed by atoms with Gasteiger partial charge < -0.3 is 4.74 Å². The van der Waals surface area contributed by atoms with Crippen LogP contribution in [0.5, 0.6) is 0 Å². The summed E-state index contributed by atoms with van der Waals surface area (Å²) in [5.74, 6) is -0.136. The molecule has 1 aromatic heterocycles. The van der Waals surface area contributed by atoms with Crippen molar-refractivity contribution in [2.75, 3.05) is 13.2 Å². The number of aromatic nitrogens is 2. The average Bonchev–Trinajstić information content (AvgIpc) is 3.03. The van der Waals surface area contributed by atoms with Crippen LogP contribution in [0.1, 0.15) is 25.3 Å². The van der Waals surface area contributed by atoms with Gasteiger partial charge in [0.2, 0.25) is 0 Å². The highest BCUT2D eigenvalue weighted by atomic mass is 16.5. The van der Waals surface area contributed by atoms with Crippen LogP contribution in [0.4, 0.5) is 0 Å². The van der Waals surface area contributed by atoms with Gasteiger partial charge in [-0.25, -0.2) is 0 Å². The molecule has 1 aliphatic carbocycles. The summed E-state index contributed by atoms with van der Waals surface area (Å²) in [5.41, 5.74) is 1.14. The third-order valence-corrected chi connectivity index (χ3v) is 2.84. The fraction of sp³-hybridized carbons (Fsp3) is 0.667. The predicted molar refractivity (Wildman–Crippen MR) is 63.3 cm³/mol. The molecule has 1 aliphatic rings. The third-order valence-electron chi connectivity index (χ3n) is 2.84. The highest BCUT2D eigenvalue weighted by molar-refractivity contribution is 5.71. The van der Waals surface area contributed by atoms with E-state index in [1.807, 2.05) is 26.4 Å². The van der Waals surface area contributed by atoms with Gasteiger partial charge in [-0.2, -0.15) is 5.10 Å². The number of aryl methyl sites for hydroxylation is 1. The zero-order valence-corrected chi connectivity index (χ0v) is 10.4. The summed E-state index contributed by atoms with van der Waals surface area (Å²) >= 11 is 0. The van der Waals surface area contributed by atoms with Gasteiger partial charge >= 0.3 is 5.97 Å². The Balaban J connectivity index is 1.91. The number of carbonyl (C=O) groups excluding carboxylic acids is 1. The Bertz CT molecular complexity index is 385. The molecule has 5 nitrogen and oxygen atoms in total. The van der Waals surface area contributed by atoms with Crippen molar-refractivity contribution in [1.82, 2.24) is 14.7 Å². The minimum Gasteiger partial charge on any atom is -0.465 e. The van der Waals surface area contributed by atoms with Crippen molar-refractivity contribution in [2.45, 2.75) is 32.4 Å². The number of rotatable bonds is 6. The molecule has 0 spiro atoms. The minimum absolute atomic E-state index is 0.136. The summed E-state index contributed by atoms with van der Waals surface area (Å²) in [7, 11) is 1.90. The Morgan fingerprint density at radius 1 is 1.65 bits per heavy atom. The topological polar surface area (TPSA) is 47.4 Å². The number of ether oxygens (including phenoxy) is 1. The van der Waals surface area contributed by atoms with E-state index in [1.54, 1.807) is 4.68 Å². The molecule has 5 heteroatoms. The van der Waals surface area contributed by atoms with Crippen molar-refractivity contribution >= 4 is 5.97 Å². The van der Waals surface area contributed by atoms with E-state index in [0.29, 0.717) is 19.2 Å². The van der Waals surface area contributed by atoms with E-state index in [-0.39, 0.29) is 5.97 Å². The van der Waals surface area contributed by atoms with Crippen LogP contribution in [-0.2, 0) is 23.1 Å². The molecule has 0 aliphatic heterocycles.